The van der Waals surface area contributed by atoms with Crippen molar-refractivity contribution in [1.82, 2.24) is 5.32 Å². The molecule has 0 saturated heterocycles. The first kappa shape index (κ1) is 16.2. The van der Waals surface area contributed by atoms with Crippen molar-refractivity contribution >= 4 is 29.1 Å². The van der Waals surface area contributed by atoms with E-state index in [2.05, 4.69) is 17.4 Å². The summed E-state index contributed by atoms with van der Waals surface area (Å²) in [6.45, 7) is 1.71. The molecular formula is C18H17Cl2NO2. The molecule has 3 nitrogen and oxygen atoms in total. The summed E-state index contributed by atoms with van der Waals surface area (Å²) in [6, 6.07) is 13.2. The minimum absolute atomic E-state index is 0.0467. The predicted octanol–water partition coefficient (Wildman–Crippen LogP) is 4.56. The molecular weight excluding hydrogens is 333 g/mol. The van der Waals surface area contributed by atoms with Gasteiger partial charge >= 0.3 is 0 Å². The standard InChI is InChI=1S/C18H17Cl2NO2/c1-11(23-17-9-7-13(19)10-15(17)20)18(22)21-16-8-6-12-4-2-3-5-14(12)16/h2-5,7,9-11,16H,6,8H2,1H3,(H,21,22)/t11-,16+/m0/s1. The van der Waals surface area contributed by atoms with Crippen LogP contribution in [-0.2, 0) is 11.2 Å². The van der Waals surface area contributed by atoms with Crippen LogP contribution < -0.4 is 10.1 Å². The molecule has 0 unspecified atom stereocenters. The van der Waals surface area contributed by atoms with Gasteiger partial charge in [-0.15, -0.1) is 0 Å². The van der Waals surface area contributed by atoms with E-state index in [0.717, 1.165) is 12.8 Å². The van der Waals surface area contributed by atoms with Crippen molar-refractivity contribution < 1.29 is 9.53 Å². The molecule has 1 aliphatic carbocycles. The maximum atomic E-state index is 12.4. The average molecular weight is 350 g/mol. The second-order valence-electron chi connectivity index (χ2n) is 5.63. The van der Waals surface area contributed by atoms with E-state index in [0.29, 0.717) is 15.8 Å². The molecule has 1 aliphatic rings. The van der Waals surface area contributed by atoms with Crippen LogP contribution in [0.1, 0.15) is 30.5 Å². The van der Waals surface area contributed by atoms with Crippen LogP contribution in [0.25, 0.3) is 0 Å². The van der Waals surface area contributed by atoms with E-state index < -0.39 is 6.10 Å². The summed E-state index contributed by atoms with van der Waals surface area (Å²) in [5.41, 5.74) is 2.49. The number of rotatable bonds is 4. The summed E-state index contributed by atoms with van der Waals surface area (Å²) in [5, 5.41) is 3.97. The predicted molar refractivity (Wildman–Crippen MR) is 92.2 cm³/mol. The van der Waals surface area contributed by atoms with Crippen LogP contribution in [0.15, 0.2) is 42.5 Å². The van der Waals surface area contributed by atoms with Crippen LogP contribution in [0.5, 0.6) is 5.75 Å². The summed E-state index contributed by atoms with van der Waals surface area (Å²) >= 11 is 11.9. The molecule has 3 rings (SSSR count). The molecule has 0 aromatic heterocycles. The molecule has 2 aromatic carbocycles. The molecule has 0 aliphatic heterocycles. The van der Waals surface area contributed by atoms with Gasteiger partial charge in [0.05, 0.1) is 11.1 Å². The Balaban J connectivity index is 1.64. The SMILES string of the molecule is C[C@H](Oc1ccc(Cl)cc1Cl)C(=O)N[C@@H]1CCc2ccccc21. The lowest BCUT2D eigenvalue weighted by Gasteiger charge is -2.19. The normalized spacial score (nSPS) is 17.4. The van der Waals surface area contributed by atoms with Gasteiger partial charge in [0.25, 0.3) is 5.91 Å². The molecule has 0 radical (unpaired) electrons. The first-order valence-electron chi connectivity index (χ1n) is 7.54. The second-order valence-corrected chi connectivity index (χ2v) is 6.48. The smallest absolute Gasteiger partial charge is 0.261 e. The monoisotopic (exact) mass is 349 g/mol. The number of benzene rings is 2. The van der Waals surface area contributed by atoms with E-state index in [-0.39, 0.29) is 11.9 Å². The number of fused-ring (bicyclic) bond motifs is 1. The molecule has 1 N–H and O–H groups in total. The molecule has 2 atom stereocenters. The van der Waals surface area contributed by atoms with Crippen LogP contribution in [-0.4, -0.2) is 12.0 Å². The Kier molecular flexibility index (Phi) is 4.79. The molecule has 0 bridgehead atoms. The van der Waals surface area contributed by atoms with E-state index >= 15 is 0 Å². The van der Waals surface area contributed by atoms with E-state index in [1.54, 1.807) is 25.1 Å². The molecule has 23 heavy (non-hydrogen) atoms. The summed E-state index contributed by atoms with van der Waals surface area (Å²) in [7, 11) is 0. The summed E-state index contributed by atoms with van der Waals surface area (Å²) in [6.07, 6.45) is 1.26. The Bertz CT molecular complexity index is 733. The van der Waals surface area contributed by atoms with Crippen LogP contribution in [0.2, 0.25) is 10.0 Å². The highest BCUT2D eigenvalue weighted by atomic mass is 35.5. The third kappa shape index (κ3) is 3.62. The largest absolute Gasteiger partial charge is 0.479 e. The lowest BCUT2D eigenvalue weighted by molar-refractivity contribution is -0.128. The molecule has 1 amide bonds. The number of nitrogens with one attached hydrogen (secondary N) is 1. The number of carbonyl (C=O) groups is 1. The number of carbonyl (C=O) groups excluding carboxylic acids is 1. The third-order valence-electron chi connectivity index (χ3n) is 4.02. The van der Waals surface area contributed by atoms with E-state index in [1.807, 2.05) is 12.1 Å². The summed E-state index contributed by atoms with van der Waals surface area (Å²) in [4.78, 5) is 12.4. The van der Waals surface area contributed by atoms with Gasteiger partial charge in [0.2, 0.25) is 0 Å². The molecule has 0 spiro atoms. The van der Waals surface area contributed by atoms with Crippen molar-refractivity contribution in [3.63, 3.8) is 0 Å². The lowest BCUT2D eigenvalue weighted by atomic mass is 10.1. The van der Waals surface area contributed by atoms with E-state index in [1.165, 1.54) is 11.1 Å². The van der Waals surface area contributed by atoms with Gasteiger partial charge in [0.1, 0.15) is 5.75 Å². The molecule has 0 fully saturated rings. The quantitative estimate of drug-likeness (QED) is 0.878. The number of ether oxygens (including phenoxy) is 1. The number of halogens is 2. The van der Waals surface area contributed by atoms with Gasteiger partial charge < -0.3 is 10.1 Å². The number of hydrogen-bond donors (Lipinski definition) is 1. The van der Waals surface area contributed by atoms with Crippen molar-refractivity contribution in [2.45, 2.75) is 31.9 Å². The second kappa shape index (κ2) is 6.81. The Morgan fingerprint density at radius 3 is 2.83 bits per heavy atom. The first-order valence-corrected chi connectivity index (χ1v) is 8.30. The molecule has 120 valence electrons. The fourth-order valence-corrected chi connectivity index (χ4v) is 3.26. The Morgan fingerprint density at radius 1 is 1.26 bits per heavy atom. The minimum Gasteiger partial charge on any atom is -0.479 e. The fraction of sp³-hybridized carbons (Fsp3) is 0.278. The maximum absolute atomic E-state index is 12.4. The van der Waals surface area contributed by atoms with Crippen LogP contribution >= 0.6 is 23.2 Å². The van der Waals surface area contributed by atoms with Crippen LogP contribution in [0.4, 0.5) is 0 Å². The van der Waals surface area contributed by atoms with Crippen molar-refractivity contribution in [2.75, 3.05) is 0 Å². The van der Waals surface area contributed by atoms with Crippen molar-refractivity contribution in [2.24, 2.45) is 0 Å². The molecule has 2 aromatic rings. The van der Waals surface area contributed by atoms with Gasteiger partial charge in [-0.2, -0.15) is 0 Å². The first-order chi connectivity index (χ1) is 11.0. The molecule has 5 heteroatoms. The number of hydrogen-bond acceptors (Lipinski definition) is 2. The van der Waals surface area contributed by atoms with Crippen molar-refractivity contribution in [3.8, 4) is 5.75 Å². The topological polar surface area (TPSA) is 38.3 Å². The van der Waals surface area contributed by atoms with Gasteiger partial charge in [-0.25, -0.2) is 0 Å². The third-order valence-corrected chi connectivity index (χ3v) is 4.55. The zero-order valence-corrected chi connectivity index (χ0v) is 14.2. The van der Waals surface area contributed by atoms with Gasteiger partial charge in [0, 0.05) is 5.02 Å². The van der Waals surface area contributed by atoms with E-state index in [4.69, 9.17) is 27.9 Å². The van der Waals surface area contributed by atoms with Crippen molar-refractivity contribution in [3.05, 3.63) is 63.6 Å². The summed E-state index contributed by atoms with van der Waals surface area (Å²) < 4.78 is 5.66. The lowest BCUT2D eigenvalue weighted by Crippen LogP contribution is -2.38. The zero-order chi connectivity index (χ0) is 16.4. The number of aryl methyl sites for hydroxylation is 1. The Hall–Kier alpha value is -1.71. The Morgan fingerprint density at radius 2 is 2.04 bits per heavy atom. The highest BCUT2D eigenvalue weighted by molar-refractivity contribution is 6.35. The molecule has 0 saturated carbocycles. The zero-order valence-electron chi connectivity index (χ0n) is 12.7. The number of amides is 1. The minimum atomic E-state index is -0.638. The molecule has 0 heterocycles. The maximum Gasteiger partial charge on any atom is 0.261 e. The van der Waals surface area contributed by atoms with Gasteiger partial charge in [0.15, 0.2) is 6.10 Å². The van der Waals surface area contributed by atoms with Crippen molar-refractivity contribution in [1.29, 1.82) is 0 Å². The van der Waals surface area contributed by atoms with Crippen LogP contribution in [0, 0.1) is 0 Å². The van der Waals surface area contributed by atoms with Gasteiger partial charge in [-0.05, 0) is 49.1 Å². The highest BCUT2D eigenvalue weighted by Gasteiger charge is 2.26. The highest BCUT2D eigenvalue weighted by Crippen LogP contribution is 2.31. The Labute approximate surface area is 145 Å². The van der Waals surface area contributed by atoms with Crippen LogP contribution in [0.3, 0.4) is 0 Å². The average Bonchev–Trinajstić information content (AvgIpc) is 2.93. The van der Waals surface area contributed by atoms with E-state index in [9.17, 15) is 4.79 Å². The fourth-order valence-electron chi connectivity index (χ4n) is 2.81. The van der Waals surface area contributed by atoms with Gasteiger partial charge in [-0.1, -0.05) is 47.5 Å². The summed E-state index contributed by atoms with van der Waals surface area (Å²) in [5.74, 6) is 0.295. The van der Waals surface area contributed by atoms with Gasteiger partial charge in [-0.3, -0.25) is 4.79 Å².